The molecule has 0 aliphatic heterocycles. The van der Waals surface area contributed by atoms with Gasteiger partial charge in [0.2, 0.25) is 5.91 Å². The molecule has 0 atom stereocenters. The summed E-state index contributed by atoms with van der Waals surface area (Å²) >= 11 is 2.71. The Morgan fingerprint density at radius 2 is 1.77 bits per heavy atom. The Kier molecular flexibility index (Phi) is 6.30. The topological polar surface area (TPSA) is 55.2 Å². The maximum Gasteiger partial charge on any atom is 0.272 e. The van der Waals surface area contributed by atoms with E-state index in [2.05, 4.69) is 4.98 Å². The van der Waals surface area contributed by atoms with Crippen LogP contribution in [0.25, 0.3) is 10.2 Å². The second kappa shape index (κ2) is 9.28. The number of hydrogen-bond donors (Lipinski definition) is 0. The monoisotopic (exact) mass is 435 g/mol. The molecule has 1 amide bonds. The van der Waals surface area contributed by atoms with Gasteiger partial charge in [0.1, 0.15) is 4.70 Å². The highest BCUT2D eigenvalue weighted by Gasteiger charge is 2.18. The van der Waals surface area contributed by atoms with Crippen molar-refractivity contribution in [3.05, 3.63) is 88.0 Å². The molecule has 7 heteroatoms. The van der Waals surface area contributed by atoms with E-state index in [1.54, 1.807) is 9.47 Å². The number of aromatic nitrogens is 2. The number of thioether (sulfide) groups is 1. The number of anilines is 1. The summed E-state index contributed by atoms with van der Waals surface area (Å²) in [5.74, 6) is 0.194. The molecule has 30 heavy (non-hydrogen) atoms. The summed E-state index contributed by atoms with van der Waals surface area (Å²) in [6.07, 6.45) is 0. The summed E-state index contributed by atoms with van der Waals surface area (Å²) in [5.41, 5.74) is 2.50. The summed E-state index contributed by atoms with van der Waals surface area (Å²) in [6, 6.07) is 21.3. The van der Waals surface area contributed by atoms with Crippen LogP contribution in [0.15, 0.2) is 82.1 Å². The van der Waals surface area contributed by atoms with Gasteiger partial charge in [-0.15, -0.1) is 11.3 Å². The molecule has 2 heterocycles. The molecule has 0 saturated carbocycles. The normalized spacial score (nSPS) is 11.0. The van der Waals surface area contributed by atoms with Crippen LogP contribution in [0.4, 0.5) is 5.69 Å². The zero-order valence-corrected chi connectivity index (χ0v) is 18.2. The van der Waals surface area contributed by atoms with Crippen molar-refractivity contribution in [3.63, 3.8) is 0 Å². The number of carbonyl (C=O) groups excluding carboxylic acids is 1. The van der Waals surface area contributed by atoms with Crippen molar-refractivity contribution in [2.45, 2.75) is 18.6 Å². The van der Waals surface area contributed by atoms with Crippen molar-refractivity contribution >= 4 is 44.9 Å². The van der Waals surface area contributed by atoms with E-state index in [9.17, 15) is 9.59 Å². The Morgan fingerprint density at radius 3 is 2.47 bits per heavy atom. The van der Waals surface area contributed by atoms with Gasteiger partial charge in [0.05, 0.1) is 17.8 Å². The zero-order chi connectivity index (χ0) is 20.9. The van der Waals surface area contributed by atoms with Gasteiger partial charge in [0.25, 0.3) is 5.56 Å². The van der Waals surface area contributed by atoms with E-state index in [1.807, 2.05) is 79.0 Å². The van der Waals surface area contributed by atoms with E-state index in [0.29, 0.717) is 28.5 Å². The van der Waals surface area contributed by atoms with Crippen LogP contribution in [-0.4, -0.2) is 27.8 Å². The molecule has 0 radical (unpaired) electrons. The van der Waals surface area contributed by atoms with Crippen LogP contribution in [0, 0.1) is 0 Å². The Labute approximate surface area is 183 Å². The van der Waals surface area contributed by atoms with Gasteiger partial charge >= 0.3 is 0 Å². The third kappa shape index (κ3) is 4.32. The van der Waals surface area contributed by atoms with E-state index in [4.69, 9.17) is 0 Å². The molecule has 0 unspecified atom stereocenters. The highest BCUT2D eigenvalue weighted by molar-refractivity contribution is 7.99. The van der Waals surface area contributed by atoms with Gasteiger partial charge in [-0.25, -0.2) is 4.98 Å². The van der Waals surface area contributed by atoms with Crippen LogP contribution in [-0.2, 0) is 11.3 Å². The summed E-state index contributed by atoms with van der Waals surface area (Å²) in [4.78, 5) is 32.4. The number of carbonyl (C=O) groups is 1. The first kappa shape index (κ1) is 20.4. The van der Waals surface area contributed by atoms with Crippen molar-refractivity contribution < 1.29 is 4.79 Å². The summed E-state index contributed by atoms with van der Waals surface area (Å²) in [6.45, 7) is 2.96. The van der Waals surface area contributed by atoms with Crippen molar-refractivity contribution in [2.75, 3.05) is 17.2 Å². The fraction of sp³-hybridized carbons (Fsp3) is 0.174. The van der Waals surface area contributed by atoms with Crippen LogP contribution in [0.2, 0.25) is 0 Å². The van der Waals surface area contributed by atoms with Gasteiger partial charge in [0.15, 0.2) is 5.16 Å². The van der Waals surface area contributed by atoms with Gasteiger partial charge < -0.3 is 4.90 Å². The summed E-state index contributed by atoms with van der Waals surface area (Å²) in [5, 5.41) is 2.44. The Balaban J connectivity index is 1.62. The zero-order valence-electron chi connectivity index (χ0n) is 16.5. The minimum atomic E-state index is -0.0655. The van der Waals surface area contributed by atoms with E-state index in [-0.39, 0.29) is 17.2 Å². The molecular formula is C23H21N3O2S2. The van der Waals surface area contributed by atoms with Crippen LogP contribution in [0.5, 0.6) is 0 Å². The lowest BCUT2D eigenvalue weighted by atomic mass is 10.2. The predicted molar refractivity (Wildman–Crippen MR) is 125 cm³/mol. The molecule has 0 fully saturated rings. The third-order valence-corrected chi connectivity index (χ3v) is 6.58. The molecule has 2 aromatic carbocycles. The van der Waals surface area contributed by atoms with Crippen LogP contribution in [0.3, 0.4) is 0 Å². The molecule has 5 nitrogen and oxygen atoms in total. The molecule has 152 valence electrons. The molecule has 0 aliphatic rings. The number of nitrogens with zero attached hydrogens (tertiary/aromatic N) is 3. The van der Waals surface area contributed by atoms with Crippen molar-refractivity contribution in [2.24, 2.45) is 0 Å². The first-order valence-corrected chi connectivity index (χ1v) is 11.5. The Hall–Kier alpha value is -2.90. The molecule has 0 bridgehead atoms. The SMILES string of the molecule is CCN(C(=O)CSc1nc2ccsc2c(=O)n1Cc1ccccc1)c1ccccc1. The highest BCUT2D eigenvalue weighted by atomic mass is 32.2. The van der Waals surface area contributed by atoms with Gasteiger partial charge in [-0.05, 0) is 36.1 Å². The van der Waals surface area contributed by atoms with Crippen molar-refractivity contribution in [3.8, 4) is 0 Å². The highest BCUT2D eigenvalue weighted by Crippen LogP contribution is 2.23. The molecule has 0 N–H and O–H groups in total. The fourth-order valence-corrected chi connectivity index (χ4v) is 4.91. The van der Waals surface area contributed by atoms with E-state index < -0.39 is 0 Å². The molecular weight excluding hydrogens is 414 g/mol. The predicted octanol–water partition coefficient (Wildman–Crippen LogP) is 4.65. The first-order valence-electron chi connectivity index (χ1n) is 9.67. The van der Waals surface area contributed by atoms with E-state index in [1.165, 1.54) is 23.1 Å². The van der Waals surface area contributed by atoms with Crippen molar-refractivity contribution in [1.82, 2.24) is 9.55 Å². The largest absolute Gasteiger partial charge is 0.312 e. The third-order valence-electron chi connectivity index (χ3n) is 4.72. The number of fused-ring (bicyclic) bond motifs is 1. The smallest absolute Gasteiger partial charge is 0.272 e. The van der Waals surface area contributed by atoms with Crippen molar-refractivity contribution in [1.29, 1.82) is 0 Å². The van der Waals surface area contributed by atoms with Crippen LogP contribution >= 0.6 is 23.1 Å². The number of amides is 1. The molecule has 4 rings (SSSR count). The second-order valence-corrected chi connectivity index (χ2v) is 8.53. The minimum absolute atomic E-state index is 0.0142. The number of benzene rings is 2. The van der Waals surface area contributed by atoms with Gasteiger partial charge in [-0.3, -0.25) is 14.2 Å². The Bertz CT molecular complexity index is 1200. The van der Waals surface area contributed by atoms with Gasteiger partial charge in [-0.2, -0.15) is 0 Å². The minimum Gasteiger partial charge on any atom is -0.312 e. The number of thiophene rings is 1. The van der Waals surface area contributed by atoms with Crippen LogP contribution < -0.4 is 10.5 Å². The standard InChI is InChI=1S/C23H21N3O2S2/c1-2-25(18-11-7-4-8-12-18)20(27)16-30-23-24-19-13-14-29-21(19)22(28)26(23)15-17-9-5-3-6-10-17/h3-14H,2,15-16H2,1H3. The maximum atomic E-state index is 13.1. The number of para-hydroxylation sites is 1. The number of rotatable bonds is 7. The van der Waals surface area contributed by atoms with E-state index in [0.717, 1.165) is 11.3 Å². The number of hydrogen-bond acceptors (Lipinski definition) is 5. The molecule has 0 aliphatic carbocycles. The average molecular weight is 436 g/mol. The Morgan fingerprint density at radius 1 is 1.07 bits per heavy atom. The lowest BCUT2D eigenvalue weighted by molar-refractivity contribution is -0.116. The maximum absolute atomic E-state index is 13.1. The lowest BCUT2D eigenvalue weighted by Crippen LogP contribution is -2.32. The van der Waals surface area contributed by atoms with Crippen LogP contribution in [0.1, 0.15) is 12.5 Å². The molecule has 0 saturated heterocycles. The average Bonchev–Trinajstić information content (AvgIpc) is 3.25. The summed E-state index contributed by atoms with van der Waals surface area (Å²) < 4.78 is 2.31. The molecule has 4 aromatic rings. The summed E-state index contributed by atoms with van der Waals surface area (Å²) in [7, 11) is 0. The quantitative estimate of drug-likeness (QED) is 0.313. The van der Waals surface area contributed by atoms with Gasteiger partial charge in [-0.1, -0.05) is 60.3 Å². The molecule has 2 aromatic heterocycles. The second-order valence-electron chi connectivity index (χ2n) is 6.67. The fourth-order valence-electron chi connectivity index (χ4n) is 3.25. The lowest BCUT2D eigenvalue weighted by Gasteiger charge is -2.21. The van der Waals surface area contributed by atoms with Gasteiger partial charge in [0, 0.05) is 12.2 Å². The van der Waals surface area contributed by atoms with E-state index >= 15 is 0 Å². The molecule has 0 spiro atoms. The first-order chi connectivity index (χ1) is 14.7.